The second kappa shape index (κ2) is 4.94. The number of rotatable bonds is 2. The van der Waals surface area contributed by atoms with E-state index in [0.717, 1.165) is 22.7 Å². The summed E-state index contributed by atoms with van der Waals surface area (Å²) < 4.78 is 3.66. The molecule has 2 aromatic rings. The topological polar surface area (TPSA) is 87.1 Å². The molecule has 1 heterocycles. The van der Waals surface area contributed by atoms with Crippen LogP contribution in [0.5, 0.6) is 0 Å². The summed E-state index contributed by atoms with van der Waals surface area (Å²) in [5.74, 6) is 0. The van der Waals surface area contributed by atoms with E-state index in [1.807, 2.05) is 24.3 Å². The van der Waals surface area contributed by atoms with Gasteiger partial charge in [0.1, 0.15) is 5.00 Å². The first kappa shape index (κ1) is 12.1. The van der Waals surface area contributed by atoms with Gasteiger partial charge in [-0.25, -0.2) is 4.79 Å². The second-order valence-electron chi connectivity index (χ2n) is 4.33. The van der Waals surface area contributed by atoms with E-state index in [2.05, 4.69) is 20.2 Å². The van der Waals surface area contributed by atoms with E-state index >= 15 is 0 Å². The SMILES string of the molecule is O=C(Nc1cnns1)N[C@@H]1c2ccccc2C[C@H]1O. The van der Waals surface area contributed by atoms with Crippen molar-refractivity contribution < 1.29 is 9.90 Å². The first-order valence-electron chi connectivity index (χ1n) is 5.85. The third kappa shape index (κ3) is 2.42. The number of nitrogens with zero attached hydrogens (tertiary/aromatic N) is 2. The molecular formula is C12H12N4O2S. The van der Waals surface area contributed by atoms with Gasteiger partial charge in [-0.3, -0.25) is 5.32 Å². The first-order valence-corrected chi connectivity index (χ1v) is 6.62. The van der Waals surface area contributed by atoms with Crippen LogP contribution in [0.3, 0.4) is 0 Å². The minimum absolute atomic E-state index is 0.369. The fourth-order valence-electron chi connectivity index (χ4n) is 2.26. The van der Waals surface area contributed by atoms with Crippen LogP contribution in [0.15, 0.2) is 30.5 Å². The quantitative estimate of drug-likeness (QED) is 0.772. The summed E-state index contributed by atoms with van der Waals surface area (Å²) in [5, 5.41) is 19.6. The summed E-state index contributed by atoms with van der Waals surface area (Å²) in [5.41, 5.74) is 2.03. The number of nitrogens with one attached hydrogen (secondary N) is 2. The Morgan fingerprint density at radius 3 is 3.05 bits per heavy atom. The number of hydrogen-bond donors (Lipinski definition) is 3. The Hall–Kier alpha value is -1.99. The maximum Gasteiger partial charge on any atom is 0.320 e. The number of fused-ring (bicyclic) bond motifs is 1. The van der Waals surface area contributed by atoms with Gasteiger partial charge < -0.3 is 10.4 Å². The molecule has 19 heavy (non-hydrogen) atoms. The van der Waals surface area contributed by atoms with Crippen molar-refractivity contribution in [3.8, 4) is 0 Å². The lowest BCUT2D eigenvalue weighted by Crippen LogP contribution is -2.36. The van der Waals surface area contributed by atoms with Crippen molar-refractivity contribution in [2.75, 3.05) is 5.32 Å². The molecule has 0 saturated heterocycles. The molecule has 3 N–H and O–H groups in total. The summed E-state index contributed by atoms with van der Waals surface area (Å²) >= 11 is 1.10. The van der Waals surface area contributed by atoms with Crippen molar-refractivity contribution >= 4 is 22.6 Å². The standard InChI is InChI=1S/C12H12N4O2S/c17-9-5-7-3-1-2-4-8(7)11(9)15-12(18)14-10-6-13-16-19-10/h1-4,6,9,11,17H,5H2,(H2,14,15,18)/t9-,11-/m1/s1. The number of aromatic nitrogens is 2. The van der Waals surface area contributed by atoms with Crippen LogP contribution in [0.4, 0.5) is 9.80 Å². The number of benzene rings is 1. The van der Waals surface area contributed by atoms with E-state index < -0.39 is 6.10 Å². The van der Waals surface area contributed by atoms with Gasteiger partial charge in [0.2, 0.25) is 0 Å². The number of amides is 2. The molecule has 0 aliphatic heterocycles. The molecule has 0 fully saturated rings. The third-order valence-corrected chi connectivity index (χ3v) is 3.67. The van der Waals surface area contributed by atoms with Crippen LogP contribution in [-0.4, -0.2) is 26.8 Å². The number of anilines is 1. The van der Waals surface area contributed by atoms with Crippen LogP contribution in [0.1, 0.15) is 17.2 Å². The Labute approximate surface area is 113 Å². The average molecular weight is 276 g/mol. The first-order chi connectivity index (χ1) is 9.24. The lowest BCUT2D eigenvalue weighted by Gasteiger charge is -2.17. The Bertz CT molecular complexity index is 587. The Kier molecular flexibility index (Phi) is 3.14. The van der Waals surface area contributed by atoms with Gasteiger partial charge in [-0.1, -0.05) is 28.8 Å². The van der Waals surface area contributed by atoms with Crippen LogP contribution in [0, 0.1) is 0 Å². The van der Waals surface area contributed by atoms with Gasteiger partial charge >= 0.3 is 6.03 Å². The minimum Gasteiger partial charge on any atom is -0.390 e. The Morgan fingerprint density at radius 1 is 1.42 bits per heavy atom. The average Bonchev–Trinajstić information content (AvgIpc) is 2.99. The van der Waals surface area contributed by atoms with Crippen molar-refractivity contribution in [2.45, 2.75) is 18.6 Å². The van der Waals surface area contributed by atoms with E-state index in [1.54, 1.807) is 0 Å². The maximum atomic E-state index is 11.8. The molecule has 0 radical (unpaired) electrons. The summed E-state index contributed by atoms with van der Waals surface area (Å²) in [6, 6.07) is 6.97. The lowest BCUT2D eigenvalue weighted by atomic mass is 10.1. The molecule has 1 aromatic heterocycles. The molecule has 3 rings (SSSR count). The van der Waals surface area contributed by atoms with Crippen LogP contribution in [0.25, 0.3) is 0 Å². The van der Waals surface area contributed by atoms with Gasteiger partial charge in [0.25, 0.3) is 0 Å². The van der Waals surface area contributed by atoms with E-state index in [4.69, 9.17) is 0 Å². The van der Waals surface area contributed by atoms with Gasteiger partial charge in [-0.2, -0.15) is 0 Å². The predicted octanol–water partition coefficient (Wildman–Crippen LogP) is 1.32. The summed E-state index contributed by atoms with van der Waals surface area (Å²) in [6.45, 7) is 0. The Morgan fingerprint density at radius 2 is 2.26 bits per heavy atom. The summed E-state index contributed by atoms with van der Waals surface area (Å²) in [6.07, 6.45) is 1.44. The highest BCUT2D eigenvalue weighted by molar-refractivity contribution is 7.10. The highest BCUT2D eigenvalue weighted by Crippen LogP contribution is 2.31. The van der Waals surface area contributed by atoms with Crippen molar-refractivity contribution in [3.63, 3.8) is 0 Å². The van der Waals surface area contributed by atoms with Crippen molar-refractivity contribution in [1.29, 1.82) is 0 Å². The van der Waals surface area contributed by atoms with E-state index in [1.165, 1.54) is 6.20 Å². The normalized spacial score (nSPS) is 20.9. The second-order valence-corrected chi connectivity index (χ2v) is 5.11. The van der Waals surface area contributed by atoms with Crippen LogP contribution in [-0.2, 0) is 6.42 Å². The molecule has 1 aromatic carbocycles. The zero-order valence-electron chi connectivity index (χ0n) is 9.91. The zero-order valence-corrected chi connectivity index (χ0v) is 10.7. The molecule has 7 heteroatoms. The molecule has 0 spiro atoms. The fraction of sp³-hybridized carbons (Fsp3) is 0.250. The van der Waals surface area contributed by atoms with Crippen molar-refractivity contribution in [2.24, 2.45) is 0 Å². The highest BCUT2D eigenvalue weighted by Gasteiger charge is 2.31. The molecule has 0 saturated carbocycles. The van der Waals surface area contributed by atoms with E-state index in [9.17, 15) is 9.90 Å². The Balaban J connectivity index is 1.71. The van der Waals surface area contributed by atoms with Gasteiger partial charge in [0.15, 0.2) is 0 Å². The lowest BCUT2D eigenvalue weighted by molar-refractivity contribution is 0.144. The molecule has 1 aliphatic rings. The zero-order chi connectivity index (χ0) is 13.2. The third-order valence-electron chi connectivity index (χ3n) is 3.09. The van der Waals surface area contributed by atoms with Crippen LogP contribution in [0.2, 0.25) is 0 Å². The fourth-order valence-corrected chi connectivity index (χ4v) is 2.67. The number of aliphatic hydroxyl groups is 1. The molecule has 1 aliphatic carbocycles. The number of carbonyl (C=O) groups is 1. The number of urea groups is 1. The van der Waals surface area contributed by atoms with Crippen LogP contribution < -0.4 is 10.6 Å². The number of aliphatic hydroxyl groups excluding tert-OH is 1. The maximum absolute atomic E-state index is 11.8. The highest BCUT2D eigenvalue weighted by atomic mass is 32.1. The van der Waals surface area contributed by atoms with Gasteiger partial charge in [0, 0.05) is 18.0 Å². The molecular weight excluding hydrogens is 264 g/mol. The molecule has 2 amide bonds. The molecule has 0 bridgehead atoms. The largest absolute Gasteiger partial charge is 0.390 e. The van der Waals surface area contributed by atoms with Gasteiger partial charge in [-0.05, 0) is 11.1 Å². The molecule has 98 valence electrons. The van der Waals surface area contributed by atoms with Gasteiger partial charge in [-0.15, -0.1) is 5.10 Å². The monoisotopic (exact) mass is 276 g/mol. The molecule has 2 atom stereocenters. The summed E-state index contributed by atoms with van der Waals surface area (Å²) in [7, 11) is 0. The number of carbonyl (C=O) groups excluding carboxylic acids is 1. The van der Waals surface area contributed by atoms with Crippen LogP contribution >= 0.6 is 11.5 Å². The van der Waals surface area contributed by atoms with Crippen molar-refractivity contribution in [3.05, 3.63) is 41.6 Å². The predicted molar refractivity (Wildman–Crippen MR) is 71.0 cm³/mol. The molecule has 6 nitrogen and oxygen atoms in total. The van der Waals surface area contributed by atoms with E-state index in [-0.39, 0.29) is 12.1 Å². The summed E-state index contributed by atoms with van der Waals surface area (Å²) in [4.78, 5) is 11.8. The van der Waals surface area contributed by atoms with E-state index in [0.29, 0.717) is 11.4 Å². The molecule has 0 unspecified atom stereocenters. The minimum atomic E-state index is -0.595. The number of hydrogen-bond acceptors (Lipinski definition) is 5. The smallest absolute Gasteiger partial charge is 0.320 e. The van der Waals surface area contributed by atoms with Crippen molar-refractivity contribution in [1.82, 2.24) is 14.9 Å². The van der Waals surface area contributed by atoms with Gasteiger partial charge in [0.05, 0.1) is 18.3 Å².